The van der Waals surface area contributed by atoms with Crippen LogP contribution in [-0.2, 0) is 9.53 Å². The van der Waals surface area contributed by atoms with Gasteiger partial charge in [-0.25, -0.2) is 4.79 Å². The monoisotopic (exact) mass is 313 g/mol. The molecule has 6 nitrogen and oxygen atoms in total. The quantitative estimate of drug-likeness (QED) is 0.813. The van der Waals surface area contributed by atoms with E-state index in [-0.39, 0.29) is 12.0 Å². The first-order chi connectivity index (χ1) is 10.3. The van der Waals surface area contributed by atoms with E-state index in [1.807, 2.05) is 20.8 Å². The average Bonchev–Trinajstić information content (AvgIpc) is 2.44. The molecular weight excluding hydrogens is 282 g/mol. The van der Waals surface area contributed by atoms with Gasteiger partial charge in [-0.1, -0.05) is 13.3 Å². The normalized spacial score (nSPS) is 16.5. The standard InChI is InChI=1S/C16H31N3O3/c1-5-6-7-14(20)17-8-9-18-10-12-19(13-11-18)15(21)22-16(2,3)4/h5-13H2,1-4H3,(H,17,20). The molecule has 0 aromatic carbocycles. The first-order valence-corrected chi connectivity index (χ1v) is 8.29. The molecule has 0 radical (unpaired) electrons. The number of hydrogen-bond acceptors (Lipinski definition) is 4. The van der Waals surface area contributed by atoms with Crippen molar-refractivity contribution in [2.75, 3.05) is 39.3 Å². The maximum Gasteiger partial charge on any atom is 0.410 e. The largest absolute Gasteiger partial charge is 0.444 e. The van der Waals surface area contributed by atoms with Crippen molar-refractivity contribution in [3.05, 3.63) is 0 Å². The van der Waals surface area contributed by atoms with Crippen LogP contribution in [0.2, 0.25) is 0 Å². The van der Waals surface area contributed by atoms with E-state index in [1.165, 1.54) is 0 Å². The van der Waals surface area contributed by atoms with Gasteiger partial charge in [0.05, 0.1) is 0 Å². The molecule has 1 aliphatic rings. The maximum atomic E-state index is 12.0. The second-order valence-electron chi connectivity index (χ2n) is 6.76. The van der Waals surface area contributed by atoms with Crippen LogP contribution in [0.5, 0.6) is 0 Å². The number of amides is 2. The van der Waals surface area contributed by atoms with Crippen LogP contribution in [0, 0.1) is 0 Å². The zero-order chi connectivity index (χ0) is 16.6. The van der Waals surface area contributed by atoms with Gasteiger partial charge in [-0.2, -0.15) is 0 Å². The van der Waals surface area contributed by atoms with Gasteiger partial charge in [0, 0.05) is 45.7 Å². The van der Waals surface area contributed by atoms with Gasteiger partial charge >= 0.3 is 6.09 Å². The van der Waals surface area contributed by atoms with Gasteiger partial charge in [0.2, 0.25) is 5.91 Å². The van der Waals surface area contributed by atoms with Crippen LogP contribution < -0.4 is 5.32 Å². The molecule has 0 aromatic heterocycles. The average molecular weight is 313 g/mol. The van der Waals surface area contributed by atoms with Crippen LogP contribution in [-0.4, -0.2) is 66.7 Å². The molecule has 0 bridgehead atoms. The summed E-state index contributed by atoms with van der Waals surface area (Å²) in [5.41, 5.74) is -0.447. The Labute approximate surface area is 134 Å². The lowest BCUT2D eigenvalue weighted by atomic mass is 10.2. The first kappa shape index (κ1) is 18.7. The smallest absolute Gasteiger partial charge is 0.410 e. The summed E-state index contributed by atoms with van der Waals surface area (Å²) in [6.45, 7) is 12.2. The molecule has 1 aliphatic heterocycles. The zero-order valence-corrected chi connectivity index (χ0v) is 14.5. The van der Waals surface area contributed by atoms with Crippen molar-refractivity contribution in [3.8, 4) is 0 Å². The van der Waals surface area contributed by atoms with Crippen LogP contribution in [0.25, 0.3) is 0 Å². The predicted molar refractivity (Wildman–Crippen MR) is 86.8 cm³/mol. The summed E-state index contributed by atoms with van der Waals surface area (Å²) in [4.78, 5) is 27.5. The number of rotatable bonds is 6. The maximum absolute atomic E-state index is 12.0. The van der Waals surface area contributed by atoms with Gasteiger partial charge in [0.15, 0.2) is 0 Å². The number of piperazine rings is 1. The van der Waals surface area contributed by atoms with Crippen molar-refractivity contribution in [3.63, 3.8) is 0 Å². The predicted octanol–water partition coefficient (Wildman–Crippen LogP) is 1.85. The van der Waals surface area contributed by atoms with Gasteiger partial charge < -0.3 is 15.0 Å². The highest BCUT2D eigenvalue weighted by molar-refractivity contribution is 5.75. The molecule has 128 valence electrons. The van der Waals surface area contributed by atoms with E-state index >= 15 is 0 Å². The van der Waals surface area contributed by atoms with E-state index in [0.29, 0.717) is 26.1 Å². The summed E-state index contributed by atoms with van der Waals surface area (Å²) in [6, 6.07) is 0. The molecule has 2 amide bonds. The fraction of sp³-hybridized carbons (Fsp3) is 0.875. The number of carbonyl (C=O) groups excluding carboxylic acids is 2. The summed E-state index contributed by atoms with van der Waals surface area (Å²) in [5.74, 6) is 0.134. The molecule has 0 aliphatic carbocycles. The van der Waals surface area contributed by atoms with Crippen LogP contribution in [0.15, 0.2) is 0 Å². The summed E-state index contributed by atoms with van der Waals surface area (Å²) in [6.07, 6.45) is 2.36. The number of hydrogen-bond donors (Lipinski definition) is 1. The highest BCUT2D eigenvalue weighted by Gasteiger charge is 2.25. The van der Waals surface area contributed by atoms with Crippen LogP contribution >= 0.6 is 0 Å². The topological polar surface area (TPSA) is 61.9 Å². The Bertz CT molecular complexity index is 358. The lowest BCUT2D eigenvalue weighted by molar-refractivity contribution is -0.121. The molecule has 1 rings (SSSR count). The Kier molecular flexibility index (Phi) is 7.65. The molecule has 1 saturated heterocycles. The molecule has 0 saturated carbocycles. The van der Waals surface area contributed by atoms with E-state index in [1.54, 1.807) is 4.90 Å². The number of nitrogens with zero attached hydrogens (tertiary/aromatic N) is 2. The second-order valence-corrected chi connectivity index (χ2v) is 6.76. The van der Waals surface area contributed by atoms with Crippen molar-refractivity contribution in [1.82, 2.24) is 15.1 Å². The second kappa shape index (κ2) is 8.98. The van der Waals surface area contributed by atoms with E-state index in [4.69, 9.17) is 4.74 Å². The molecule has 1 fully saturated rings. The van der Waals surface area contributed by atoms with Gasteiger partial charge in [0.1, 0.15) is 5.60 Å². The molecule has 0 unspecified atom stereocenters. The van der Waals surface area contributed by atoms with Crippen molar-refractivity contribution < 1.29 is 14.3 Å². The van der Waals surface area contributed by atoms with Crippen molar-refractivity contribution in [2.24, 2.45) is 0 Å². The third-order valence-corrected chi connectivity index (χ3v) is 3.53. The first-order valence-electron chi connectivity index (χ1n) is 8.29. The molecular formula is C16H31N3O3. The third kappa shape index (κ3) is 7.64. The molecule has 22 heavy (non-hydrogen) atoms. The van der Waals surface area contributed by atoms with Crippen LogP contribution in [0.4, 0.5) is 4.79 Å². The van der Waals surface area contributed by atoms with Gasteiger partial charge in [-0.15, -0.1) is 0 Å². The third-order valence-electron chi connectivity index (χ3n) is 3.53. The molecule has 0 aromatic rings. The number of nitrogens with one attached hydrogen (secondary N) is 1. The molecule has 0 spiro atoms. The number of ether oxygens (including phenoxy) is 1. The Morgan fingerprint density at radius 2 is 1.77 bits per heavy atom. The van der Waals surface area contributed by atoms with Crippen molar-refractivity contribution in [1.29, 1.82) is 0 Å². The van der Waals surface area contributed by atoms with Crippen molar-refractivity contribution in [2.45, 2.75) is 52.6 Å². The molecule has 1 N–H and O–H groups in total. The number of unbranched alkanes of at least 4 members (excludes halogenated alkanes) is 1. The minimum absolute atomic E-state index is 0.134. The summed E-state index contributed by atoms with van der Waals surface area (Å²) < 4.78 is 5.37. The van der Waals surface area contributed by atoms with E-state index < -0.39 is 5.60 Å². The highest BCUT2D eigenvalue weighted by Crippen LogP contribution is 2.11. The fourth-order valence-electron chi connectivity index (χ4n) is 2.26. The Hall–Kier alpha value is -1.30. The minimum atomic E-state index is -0.447. The Morgan fingerprint density at radius 3 is 2.32 bits per heavy atom. The highest BCUT2D eigenvalue weighted by atomic mass is 16.6. The lowest BCUT2D eigenvalue weighted by Crippen LogP contribution is -2.51. The van der Waals surface area contributed by atoms with Crippen LogP contribution in [0.1, 0.15) is 47.0 Å². The molecule has 1 heterocycles. The minimum Gasteiger partial charge on any atom is -0.444 e. The Balaban J connectivity index is 2.17. The fourth-order valence-corrected chi connectivity index (χ4v) is 2.26. The van der Waals surface area contributed by atoms with E-state index in [0.717, 1.165) is 32.5 Å². The lowest BCUT2D eigenvalue weighted by Gasteiger charge is -2.35. The van der Waals surface area contributed by atoms with Crippen molar-refractivity contribution >= 4 is 12.0 Å². The Morgan fingerprint density at radius 1 is 1.14 bits per heavy atom. The zero-order valence-electron chi connectivity index (χ0n) is 14.5. The van der Waals surface area contributed by atoms with Crippen LogP contribution in [0.3, 0.4) is 0 Å². The van der Waals surface area contributed by atoms with Gasteiger partial charge in [-0.05, 0) is 27.2 Å². The van der Waals surface area contributed by atoms with E-state index in [9.17, 15) is 9.59 Å². The van der Waals surface area contributed by atoms with Gasteiger partial charge in [0.25, 0.3) is 0 Å². The molecule has 0 atom stereocenters. The van der Waals surface area contributed by atoms with E-state index in [2.05, 4.69) is 17.1 Å². The summed E-state index contributed by atoms with van der Waals surface area (Å²) in [5, 5.41) is 2.94. The number of carbonyl (C=O) groups is 2. The van der Waals surface area contributed by atoms with Gasteiger partial charge in [-0.3, -0.25) is 9.69 Å². The summed E-state index contributed by atoms with van der Waals surface area (Å²) in [7, 11) is 0. The molecule has 6 heteroatoms. The SMILES string of the molecule is CCCCC(=O)NCCN1CCN(C(=O)OC(C)(C)C)CC1. The summed E-state index contributed by atoms with van der Waals surface area (Å²) >= 11 is 0.